The first-order chi connectivity index (χ1) is 10.1. The van der Waals surface area contributed by atoms with E-state index in [1.807, 2.05) is 0 Å². The van der Waals surface area contributed by atoms with Crippen molar-refractivity contribution < 1.29 is 4.74 Å². The molecule has 2 N–H and O–H groups in total. The van der Waals surface area contributed by atoms with Crippen molar-refractivity contribution >= 4 is 11.8 Å². The van der Waals surface area contributed by atoms with Gasteiger partial charge in [-0.05, 0) is 52.4 Å². The molecule has 5 nitrogen and oxygen atoms in total. The van der Waals surface area contributed by atoms with Crippen LogP contribution in [-0.4, -0.2) is 35.3 Å². The lowest BCUT2D eigenvalue weighted by Crippen LogP contribution is -2.39. The number of piperidine rings is 1. The van der Waals surface area contributed by atoms with Gasteiger partial charge in [0, 0.05) is 18.7 Å². The smallest absolute Gasteiger partial charge is 0.222 e. The van der Waals surface area contributed by atoms with E-state index in [1.54, 1.807) is 0 Å². The molecular formula is C16H26N4O. The van der Waals surface area contributed by atoms with Gasteiger partial charge in [0.25, 0.3) is 0 Å². The van der Waals surface area contributed by atoms with E-state index in [1.165, 1.54) is 24.1 Å². The molecule has 0 bridgehead atoms. The number of hydrogen-bond acceptors (Lipinski definition) is 5. The molecule has 1 aliphatic heterocycles. The maximum Gasteiger partial charge on any atom is 0.222 e. The second-order valence-corrected chi connectivity index (χ2v) is 6.41. The molecule has 1 aromatic rings. The van der Waals surface area contributed by atoms with Crippen LogP contribution in [0, 0.1) is 0 Å². The molecule has 1 fully saturated rings. The third-order valence-corrected chi connectivity index (χ3v) is 4.38. The Morgan fingerprint density at radius 3 is 2.57 bits per heavy atom. The van der Waals surface area contributed by atoms with E-state index in [4.69, 9.17) is 10.5 Å². The molecule has 2 aliphatic rings. The molecule has 0 spiro atoms. The van der Waals surface area contributed by atoms with Gasteiger partial charge in [0.1, 0.15) is 5.82 Å². The Bertz CT molecular complexity index is 495. The molecule has 21 heavy (non-hydrogen) atoms. The second kappa shape index (κ2) is 6.18. The number of aromatic nitrogens is 2. The highest BCUT2D eigenvalue weighted by Gasteiger charge is 2.26. The number of fused-ring (bicyclic) bond motifs is 1. The average molecular weight is 290 g/mol. The lowest BCUT2D eigenvalue weighted by Gasteiger charge is -2.35. The van der Waals surface area contributed by atoms with Gasteiger partial charge in [-0.15, -0.1) is 0 Å². The summed E-state index contributed by atoms with van der Waals surface area (Å²) >= 11 is 0. The minimum Gasteiger partial charge on any atom is -0.375 e. The fourth-order valence-electron chi connectivity index (χ4n) is 3.44. The normalized spacial score (nSPS) is 19.9. The molecule has 0 aromatic carbocycles. The number of aryl methyl sites for hydroxylation is 1. The Kier molecular flexibility index (Phi) is 4.29. The largest absolute Gasteiger partial charge is 0.375 e. The Morgan fingerprint density at radius 2 is 1.86 bits per heavy atom. The molecule has 3 rings (SSSR count). The highest BCUT2D eigenvalue weighted by Crippen LogP contribution is 2.30. The summed E-state index contributed by atoms with van der Waals surface area (Å²) < 4.78 is 5.93. The molecule has 0 radical (unpaired) electrons. The predicted molar refractivity (Wildman–Crippen MR) is 84.5 cm³/mol. The first kappa shape index (κ1) is 14.6. The first-order valence-electron chi connectivity index (χ1n) is 8.19. The van der Waals surface area contributed by atoms with Crippen molar-refractivity contribution in [2.45, 2.75) is 64.6 Å². The Hall–Kier alpha value is -1.36. The summed E-state index contributed by atoms with van der Waals surface area (Å²) in [5.41, 5.74) is 8.41. The number of nitrogen functional groups attached to an aromatic ring is 1. The lowest BCUT2D eigenvalue weighted by atomic mass is 9.95. The van der Waals surface area contributed by atoms with Gasteiger partial charge in [-0.3, -0.25) is 0 Å². The van der Waals surface area contributed by atoms with Crippen molar-refractivity contribution in [3.8, 4) is 0 Å². The zero-order valence-corrected chi connectivity index (χ0v) is 13.1. The Labute approximate surface area is 126 Å². The van der Waals surface area contributed by atoms with Crippen molar-refractivity contribution in [1.29, 1.82) is 0 Å². The molecule has 116 valence electrons. The van der Waals surface area contributed by atoms with Crippen LogP contribution in [-0.2, 0) is 17.6 Å². The summed E-state index contributed by atoms with van der Waals surface area (Å²) in [6, 6.07) is 0. The number of ether oxygens (including phenoxy) is 1. The molecule has 0 saturated carbocycles. The van der Waals surface area contributed by atoms with Gasteiger partial charge in [-0.25, -0.2) is 4.98 Å². The Morgan fingerprint density at radius 1 is 1.14 bits per heavy atom. The Balaban J connectivity index is 1.75. The number of hydrogen-bond donors (Lipinski definition) is 1. The van der Waals surface area contributed by atoms with Gasteiger partial charge in [-0.2, -0.15) is 4.98 Å². The number of nitrogens with zero attached hydrogens (tertiary/aromatic N) is 3. The van der Waals surface area contributed by atoms with E-state index >= 15 is 0 Å². The van der Waals surface area contributed by atoms with Crippen LogP contribution in [0.4, 0.5) is 11.8 Å². The van der Waals surface area contributed by atoms with Crippen molar-refractivity contribution in [3.05, 3.63) is 11.3 Å². The summed E-state index contributed by atoms with van der Waals surface area (Å²) in [5, 5.41) is 0. The lowest BCUT2D eigenvalue weighted by molar-refractivity contribution is -0.00486. The van der Waals surface area contributed by atoms with Crippen LogP contribution < -0.4 is 10.6 Å². The molecule has 1 saturated heterocycles. The van der Waals surface area contributed by atoms with Crippen LogP contribution in [0.5, 0.6) is 0 Å². The molecule has 5 heteroatoms. The van der Waals surface area contributed by atoms with E-state index in [0.717, 1.165) is 44.6 Å². The maximum absolute atomic E-state index is 5.93. The van der Waals surface area contributed by atoms with Gasteiger partial charge < -0.3 is 15.4 Å². The maximum atomic E-state index is 5.93. The van der Waals surface area contributed by atoms with E-state index in [0.29, 0.717) is 18.2 Å². The van der Waals surface area contributed by atoms with Crippen LogP contribution in [0.2, 0.25) is 0 Å². The molecular weight excluding hydrogens is 264 g/mol. The quantitative estimate of drug-likeness (QED) is 0.925. The summed E-state index contributed by atoms with van der Waals surface area (Å²) in [6.45, 7) is 6.21. The van der Waals surface area contributed by atoms with Crippen LogP contribution >= 0.6 is 0 Å². The van der Waals surface area contributed by atoms with E-state index in [9.17, 15) is 0 Å². The van der Waals surface area contributed by atoms with Gasteiger partial charge in [0.05, 0.1) is 17.9 Å². The fraction of sp³-hybridized carbons (Fsp3) is 0.750. The molecule has 2 heterocycles. The van der Waals surface area contributed by atoms with Crippen molar-refractivity contribution in [1.82, 2.24) is 9.97 Å². The third-order valence-electron chi connectivity index (χ3n) is 4.38. The van der Waals surface area contributed by atoms with Gasteiger partial charge in [-0.1, -0.05) is 0 Å². The van der Waals surface area contributed by atoms with Crippen LogP contribution in [0.15, 0.2) is 0 Å². The van der Waals surface area contributed by atoms with Gasteiger partial charge >= 0.3 is 0 Å². The first-order valence-corrected chi connectivity index (χ1v) is 8.19. The van der Waals surface area contributed by atoms with Crippen molar-refractivity contribution in [2.75, 3.05) is 23.7 Å². The van der Waals surface area contributed by atoms with Crippen molar-refractivity contribution in [2.24, 2.45) is 0 Å². The molecule has 0 atom stereocenters. The topological polar surface area (TPSA) is 64.3 Å². The minimum absolute atomic E-state index is 0.309. The van der Waals surface area contributed by atoms with E-state index in [2.05, 4.69) is 28.7 Å². The summed E-state index contributed by atoms with van der Waals surface area (Å²) in [7, 11) is 0. The van der Waals surface area contributed by atoms with Crippen LogP contribution in [0.25, 0.3) is 0 Å². The minimum atomic E-state index is 0.309. The van der Waals surface area contributed by atoms with Gasteiger partial charge in [0.15, 0.2) is 0 Å². The highest BCUT2D eigenvalue weighted by molar-refractivity contribution is 5.53. The zero-order valence-electron chi connectivity index (χ0n) is 13.1. The molecule has 0 unspecified atom stereocenters. The van der Waals surface area contributed by atoms with Crippen LogP contribution in [0.3, 0.4) is 0 Å². The standard InChI is InChI=1S/C16H26N4O/c1-11(2)21-12-7-9-20(10-8-12)15-13-5-3-4-6-14(13)18-16(17)19-15/h11-12H,3-10H2,1-2H3,(H2,17,18,19). The fourth-order valence-corrected chi connectivity index (χ4v) is 3.44. The van der Waals surface area contributed by atoms with Crippen LogP contribution in [0.1, 0.15) is 50.8 Å². The summed E-state index contributed by atoms with van der Waals surface area (Å²) in [4.78, 5) is 11.4. The summed E-state index contributed by atoms with van der Waals surface area (Å²) in [6.07, 6.45) is 7.41. The van der Waals surface area contributed by atoms with E-state index < -0.39 is 0 Å². The average Bonchev–Trinajstić information content (AvgIpc) is 2.46. The molecule has 1 aromatic heterocycles. The van der Waals surface area contributed by atoms with E-state index in [-0.39, 0.29) is 0 Å². The molecule has 0 amide bonds. The second-order valence-electron chi connectivity index (χ2n) is 6.41. The number of rotatable bonds is 3. The summed E-state index contributed by atoms with van der Waals surface area (Å²) in [5.74, 6) is 1.51. The third kappa shape index (κ3) is 3.28. The SMILES string of the molecule is CC(C)OC1CCN(c2nc(N)nc3c2CCCC3)CC1. The zero-order chi connectivity index (χ0) is 14.8. The molecule has 1 aliphatic carbocycles. The number of anilines is 2. The van der Waals surface area contributed by atoms with Gasteiger partial charge in [0.2, 0.25) is 5.95 Å². The monoisotopic (exact) mass is 290 g/mol. The predicted octanol–water partition coefficient (Wildman–Crippen LogP) is 2.33. The number of nitrogens with two attached hydrogens (primary N) is 1. The van der Waals surface area contributed by atoms with Crippen molar-refractivity contribution in [3.63, 3.8) is 0 Å². The highest BCUT2D eigenvalue weighted by atomic mass is 16.5.